The van der Waals surface area contributed by atoms with E-state index in [1.165, 1.54) is 0 Å². The molecule has 0 saturated carbocycles. The third-order valence-electron chi connectivity index (χ3n) is 3.14. The largest absolute Gasteiger partial charge is 0.384 e. The molecular formula is C13H27NO. The highest BCUT2D eigenvalue weighted by molar-refractivity contribution is 5.93. The monoisotopic (exact) mass is 213 g/mol. The van der Waals surface area contributed by atoms with Crippen molar-refractivity contribution in [2.75, 3.05) is 0 Å². The van der Waals surface area contributed by atoms with Crippen LogP contribution in [-0.4, -0.2) is 22.5 Å². The molecule has 0 heterocycles. The van der Waals surface area contributed by atoms with Gasteiger partial charge >= 0.3 is 0 Å². The van der Waals surface area contributed by atoms with Crippen molar-refractivity contribution in [3.63, 3.8) is 0 Å². The summed E-state index contributed by atoms with van der Waals surface area (Å²) in [4.78, 5) is 4.65. The Morgan fingerprint density at radius 1 is 1.20 bits per heavy atom. The minimum absolute atomic E-state index is 0.197. The second-order valence-corrected chi connectivity index (χ2v) is 5.23. The average molecular weight is 213 g/mol. The van der Waals surface area contributed by atoms with Crippen molar-refractivity contribution in [3.8, 4) is 0 Å². The molecule has 2 atom stereocenters. The van der Waals surface area contributed by atoms with Gasteiger partial charge < -0.3 is 5.11 Å². The van der Waals surface area contributed by atoms with Crippen molar-refractivity contribution >= 4 is 5.71 Å². The van der Waals surface area contributed by atoms with Crippen LogP contribution < -0.4 is 0 Å². The Morgan fingerprint density at radius 2 is 1.67 bits per heavy atom. The topological polar surface area (TPSA) is 32.6 Å². The third-order valence-corrected chi connectivity index (χ3v) is 3.14. The zero-order valence-corrected chi connectivity index (χ0v) is 11.3. The molecule has 0 rings (SSSR count). The summed E-state index contributed by atoms with van der Waals surface area (Å²) in [6, 6.07) is 0.299. The number of aliphatic hydroxyl groups is 1. The predicted molar refractivity (Wildman–Crippen MR) is 67.5 cm³/mol. The van der Waals surface area contributed by atoms with Gasteiger partial charge in [0.2, 0.25) is 0 Å². The molecule has 0 fully saturated rings. The van der Waals surface area contributed by atoms with Crippen LogP contribution in [0.2, 0.25) is 0 Å². The number of aliphatic imine (C=N–C) groups is 1. The molecule has 90 valence electrons. The molecule has 0 aromatic heterocycles. The summed E-state index contributed by atoms with van der Waals surface area (Å²) in [6.45, 7) is 14.4. The van der Waals surface area contributed by atoms with Gasteiger partial charge in [-0.3, -0.25) is 4.99 Å². The molecule has 0 aliphatic rings. The molecular weight excluding hydrogens is 186 g/mol. The van der Waals surface area contributed by atoms with Crippen LogP contribution in [0.4, 0.5) is 0 Å². The molecule has 2 unspecified atom stereocenters. The van der Waals surface area contributed by atoms with E-state index in [1.54, 1.807) is 0 Å². The zero-order chi connectivity index (χ0) is 12.2. The Bertz CT molecular complexity index is 217. The number of hydrogen-bond donors (Lipinski definition) is 1. The van der Waals surface area contributed by atoms with Gasteiger partial charge in [-0.2, -0.15) is 0 Å². The summed E-state index contributed by atoms with van der Waals surface area (Å²) in [5, 5.41) is 10.4. The number of rotatable bonds is 5. The summed E-state index contributed by atoms with van der Waals surface area (Å²) in [7, 11) is 0. The maximum absolute atomic E-state index is 10.4. The fourth-order valence-corrected chi connectivity index (χ4v) is 1.49. The smallest absolute Gasteiger partial charge is 0.102 e. The zero-order valence-electron chi connectivity index (χ0n) is 11.3. The van der Waals surface area contributed by atoms with Gasteiger partial charge in [-0.1, -0.05) is 34.6 Å². The van der Waals surface area contributed by atoms with E-state index in [0.717, 1.165) is 12.1 Å². The van der Waals surface area contributed by atoms with E-state index in [1.807, 2.05) is 20.8 Å². The van der Waals surface area contributed by atoms with Crippen molar-refractivity contribution in [1.82, 2.24) is 0 Å². The molecule has 0 aromatic rings. The molecule has 0 aromatic carbocycles. The molecule has 0 aliphatic heterocycles. The average Bonchev–Trinajstić information content (AvgIpc) is 2.12. The Kier molecular flexibility index (Phi) is 5.50. The molecule has 2 heteroatoms. The van der Waals surface area contributed by atoms with Crippen molar-refractivity contribution in [1.29, 1.82) is 0 Å². The van der Waals surface area contributed by atoms with Gasteiger partial charge in [0.15, 0.2) is 0 Å². The van der Waals surface area contributed by atoms with Crippen LogP contribution in [0.3, 0.4) is 0 Å². The molecule has 0 spiro atoms. The lowest BCUT2D eigenvalue weighted by atomic mass is 9.82. The first-order valence-electron chi connectivity index (χ1n) is 6.03. The van der Waals surface area contributed by atoms with Crippen LogP contribution in [0.1, 0.15) is 54.9 Å². The summed E-state index contributed by atoms with van der Waals surface area (Å²) in [5.74, 6) is 0.499. The van der Waals surface area contributed by atoms with Crippen LogP contribution in [0.15, 0.2) is 4.99 Å². The van der Waals surface area contributed by atoms with E-state index in [4.69, 9.17) is 0 Å². The molecule has 1 N–H and O–H groups in total. The molecule has 2 nitrogen and oxygen atoms in total. The molecule has 0 saturated heterocycles. The van der Waals surface area contributed by atoms with E-state index in [0.29, 0.717) is 12.0 Å². The maximum Gasteiger partial charge on any atom is 0.102 e. The first-order chi connectivity index (χ1) is 6.73. The van der Waals surface area contributed by atoms with Crippen molar-refractivity contribution in [2.24, 2.45) is 16.8 Å². The number of hydrogen-bond acceptors (Lipinski definition) is 2. The molecule has 0 radical (unpaired) electrons. The Hall–Kier alpha value is -0.370. The molecule has 0 aliphatic carbocycles. The second kappa shape index (κ2) is 5.64. The van der Waals surface area contributed by atoms with Crippen molar-refractivity contribution in [2.45, 2.75) is 66.5 Å². The van der Waals surface area contributed by atoms with Gasteiger partial charge in [-0.25, -0.2) is 0 Å². The highest BCUT2D eigenvalue weighted by Crippen LogP contribution is 2.23. The SMILES string of the molecule is CCC(C)N=C(C(C)C)C(C)(O)C(C)C. The molecule has 0 amide bonds. The van der Waals surface area contributed by atoms with Crippen LogP contribution in [0, 0.1) is 11.8 Å². The van der Waals surface area contributed by atoms with E-state index in [9.17, 15) is 5.11 Å². The predicted octanol–water partition coefficient (Wildman–Crippen LogP) is 3.29. The van der Waals surface area contributed by atoms with E-state index in [-0.39, 0.29) is 5.92 Å². The van der Waals surface area contributed by atoms with Gasteiger partial charge in [0.25, 0.3) is 0 Å². The first-order valence-corrected chi connectivity index (χ1v) is 6.03. The van der Waals surface area contributed by atoms with Gasteiger partial charge in [0.05, 0.1) is 0 Å². The van der Waals surface area contributed by atoms with E-state index < -0.39 is 5.60 Å². The fraction of sp³-hybridized carbons (Fsp3) is 0.923. The minimum atomic E-state index is -0.780. The summed E-state index contributed by atoms with van der Waals surface area (Å²) >= 11 is 0. The normalized spacial score (nSPS) is 19.5. The van der Waals surface area contributed by atoms with Crippen molar-refractivity contribution < 1.29 is 5.11 Å². The first kappa shape index (κ1) is 14.6. The highest BCUT2D eigenvalue weighted by Gasteiger charge is 2.33. The summed E-state index contributed by atoms with van der Waals surface area (Å²) in [5.41, 5.74) is 0.157. The second-order valence-electron chi connectivity index (χ2n) is 5.23. The standard InChI is InChI=1S/C13H27NO/c1-8-11(6)14-12(9(2)3)13(7,15)10(4)5/h9-11,15H,8H2,1-7H3. The lowest BCUT2D eigenvalue weighted by Gasteiger charge is -2.32. The van der Waals surface area contributed by atoms with Gasteiger partial charge in [0.1, 0.15) is 5.60 Å². The van der Waals surface area contributed by atoms with Crippen LogP contribution in [-0.2, 0) is 0 Å². The van der Waals surface area contributed by atoms with Crippen LogP contribution in [0.25, 0.3) is 0 Å². The van der Waals surface area contributed by atoms with Crippen LogP contribution in [0.5, 0.6) is 0 Å². The van der Waals surface area contributed by atoms with E-state index >= 15 is 0 Å². The quantitative estimate of drug-likeness (QED) is 0.698. The highest BCUT2D eigenvalue weighted by atomic mass is 16.3. The molecule has 0 bridgehead atoms. The lowest BCUT2D eigenvalue weighted by molar-refractivity contribution is 0.0779. The minimum Gasteiger partial charge on any atom is -0.384 e. The fourth-order valence-electron chi connectivity index (χ4n) is 1.49. The lowest BCUT2D eigenvalue weighted by Crippen LogP contribution is -2.43. The Morgan fingerprint density at radius 3 is 1.93 bits per heavy atom. The maximum atomic E-state index is 10.4. The Balaban J connectivity index is 5.06. The van der Waals surface area contributed by atoms with Crippen molar-refractivity contribution in [3.05, 3.63) is 0 Å². The summed E-state index contributed by atoms with van der Waals surface area (Å²) < 4.78 is 0. The molecule has 15 heavy (non-hydrogen) atoms. The van der Waals surface area contributed by atoms with Crippen LogP contribution >= 0.6 is 0 Å². The Labute approximate surface area is 94.8 Å². The van der Waals surface area contributed by atoms with E-state index in [2.05, 4.69) is 32.7 Å². The van der Waals surface area contributed by atoms with Gasteiger partial charge in [0, 0.05) is 11.8 Å². The van der Waals surface area contributed by atoms with Gasteiger partial charge in [-0.15, -0.1) is 0 Å². The van der Waals surface area contributed by atoms with Gasteiger partial charge in [-0.05, 0) is 32.1 Å². The summed E-state index contributed by atoms with van der Waals surface area (Å²) in [6.07, 6.45) is 1.02. The number of nitrogens with zero attached hydrogens (tertiary/aromatic N) is 1. The third kappa shape index (κ3) is 3.94.